The minimum absolute atomic E-state index is 0.0198. The molecule has 0 unspecified atom stereocenters. The minimum atomic E-state index is -0.358. The number of imide groups is 1. The Bertz CT molecular complexity index is 797. The SMILES string of the molecule is CCOc1ccccc1NC(=O)CCN1C(=O)c2ccccc2C1=O. The third-order valence-corrected chi connectivity index (χ3v) is 3.90. The van der Waals surface area contributed by atoms with E-state index in [1.54, 1.807) is 42.5 Å². The molecule has 3 amide bonds. The van der Waals surface area contributed by atoms with Crippen molar-refractivity contribution in [2.75, 3.05) is 18.5 Å². The Balaban J connectivity index is 1.62. The first-order valence-electron chi connectivity index (χ1n) is 8.08. The normalized spacial score (nSPS) is 12.9. The molecule has 0 radical (unpaired) electrons. The van der Waals surface area contributed by atoms with Crippen LogP contribution in [0.4, 0.5) is 5.69 Å². The van der Waals surface area contributed by atoms with Gasteiger partial charge < -0.3 is 10.1 Å². The van der Waals surface area contributed by atoms with Gasteiger partial charge in [-0.3, -0.25) is 19.3 Å². The van der Waals surface area contributed by atoms with E-state index in [1.807, 2.05) is 13.0 Å². The molecular weight excluding hydrogens is 320 g/mol. The molecule has 0 atom stereocenters. The first kappa shape index (κ1) is 16.7. The maximum Gasteiger partial charge on any atom is 0.261 e. The number of amides is 3. The lowest BCUT2D eigenvalue weighted by Crippen LogP contribution is -2.32. The number of benzene rings is 2. The Morgan fingerprint density at radius 2 is 1.60 bits per heavy atom. The highest BCUT2D eigenvalue weighted by molar-refractivity contribution is 6.21. The number of nitrogens with zero attached hydrogens (tertiary/aromatic N) is 1. The van der Waals surface area contributed by atoms with Gasteiger partial charge in [0.05, 0.1) is 23.4 Å². The van der Waals surface area contributed by atoms with Gasteiger partial charge in [-0.2, -0.15) is 0 Å². The van der Waals surface area contributed by atoms with Crippen LogP contribution in [0.15, 0.2) is 48.5 Å². The molecule has 2 aromatic rings. The van der Waals surface area contributed by atoms with E-state index in [4.69, 9.17) is 4.74 Å². The van der Waals surface area contributed by atoms with Crippen LogP contribution in [0.25, 0.3) is 0 Å². The first-order valence-corrected chi connectivity index (χ1v) is 8.08. The fourth-order valence-corrected chi connectivity index (χ4v) is 2.72. The van der Waals surface area contributed by atoms with Crippen molar-refractivity contribution in [2.45, 2.75) is 13.3 Å². The van der Waals surface area contributed by atoms with Crippen molar-refractivity contribution in [2.24, 2.45) is 0 Å². The van der Waals surface area contributed by atoms with Crippen LogP contribution < -0.4 is 10.1 Å². The fraction of sp³-hybridized carbons (Fsp3) is 0.211. The Kier molecular flexibility index (Phi) is 4.79. The lowest BCUT2D eigenvalue weighted by molar-refractivity contribution is -0.116. The molecule has 0 spiro atoms. The Hall–Kier alpha value is -3.15. The third-order valence-electron chi connectivity index (χ3n) is 3.90. The zero-order valence-corrected chi connectivity index (χ0v) is 13.8. The summed E-state index contributed by atoms with van der Waals surface area (Å²) in [6, 6.07) is 13.8. The van der Waals surface area contributed by atoms with Crippen LogP contribution in [0.5, 0.6) is 5.75 Å². The Labute approximate surface area is 145 Å². The van der Waals surface area contributed by atoms with Crippen LogP contribution in [0.1, 0.15) is 34.1 Å². The number of rotatable bonds is 6. The van der Waals surface area contributed by atoms with E-state index >= 15 is 0 Å². The van der Waals surface area contributed by atoms with E-state index in [1.165, 1.54) is 0 Å². The number of ether oxygens (including phenoxy) is 1. The monoisotopic (exact) mass is 338 g/mol. The average molecular weight is 338 g/mol. The molecule has 6 nitrogen and oxygen atoms in total. The smallest absolute Gasteiger partial charge is 0.261 e. The van der Waals surface area contributed by atoms with Crippen molar-refractivity contribution >= 4 is 23.4 Å². The molecule has 0 fully saturated rings. The molecule has 3 rings (SSSR count). The van der Waals surface area contributed by atoms with Crippen LogP contribution in [-0.2, 0) is 4.79 Å². The molecule has 0 aliphatic carbocycles. The molecule has 1 aliphatic rings. The van der Waals surface area contributed by atoms with Gasteiger partial charge in [-0.25, -0.2) is 0 Å². The molecule has 25 heavy (non-hydrogen) atoms. The zero-order valence-electron chi connectivity index (χ0n) is 13.8. The predicted molar refractivity (Wildman–Crippen MR) is 92.7 cm³/mol. The molecule has 0 saturated heterocycles. The van der Waals surface area contributed by atoms with Crippen molar-refractivity contribution in [3.63, 3.8) is 0 Å². The minimum Gasteiger partial charge on any atom is -0.492 e. The van der Waals surface area contributed by atoms with Crippen LogP contribution >= 0.6 is 0 Å². The molecule has 1 aliphatic heterocycles. The molecule has 0 bridgehead atoms. The molecule has 0 saturated carbocycles. The summed E-state index contributed by atoms with van der Waals surface area (Å²) in [6.45, 7) is 2.39. The summed E-state index contributed by atoms with van der Waals surface area (Å²) in [7, 11) is 0. The van der Waals surface area contributed by atoms with Gasteiger partial charge in [0.25, 0.3) is 11.8 Å². The van der Waals surface area contributed by atoms with Crippen LogP contribution in [0.3, 0.4) is 0 Å². The molecular formula is C19H18N2O4. The highest BCUT2D eigenvalue weighted by atomic mass is 16.5. The number of carbonyl (C=O) groups is 3. The van der Waals surface area contributed by atoms with E-state index in [-0.39, 0.29) is 30.7 Å². The van der Waals surface area contributed by atoms with Gasteiger partial charge in [-0.1, -0.05) is 24.3 Å². The second-order valence-electron chi connectivity index (χ2n) is 5.53. The number of fused-ring (bicyclic) bond motifs is 1. The van der Waals surface area contributed by atoms with Gasteiger partial charge in [0.15, 0.2) is 0 Å². The second-order valence-corrected chi connectivity index (χ2v) is 5.53. The van der Waals surface area contributed by atoms with Gasteiger partial charge in [0, 0.05) is 13.0 Å². The van der Waals surface area contributed by atoms with Crippen molar-refractivity contribution < 1.29 is 19.1 Å². The fourth-order valence-electron chi connectivity index (χ4n) is 2.72. The van der Waals surface area contributed by atoms with Crippen molar-refractivity contribution in [3.05, 3.63) is 59.7 Å². The molecule has 0 aromatic heterocycles. The van der Waals surface area contributed by atoms with E-state index in [9.17, 15) is 14.4 Å². The largest absolute Gasteiger partial charge is 0.492 e. The van der Waals surface area contributed by atoms with Gasteiger partial charge in [-0.15, -0.1) is 0 Å². The lowest BCUT2D eigenvalue weighted by Gasteiger charge is -2.14. The predicted octanol–water partition coefficient (Wildman–Crippen LogP) is 2.71. The Morgan fingerprint density at radius 3 is 2.24 bits per heavy atom. The molecule has 2 aromatic carbocycles. The van der Waals surface area contributed by atoms with E-state index < -0.39 is 0 Å². The van der Waals surface area contributed by atoms with Crippen molar-refractivity contribution in [3.8, 4) is 5.75 Å². The van der Waals surface area contributed by atoms with E-state index in [0.717, 1.165) is 4.90 Å². The first-order chi connectivity index (χ1) is 12.1. The Morgan fingerprint density at radius 1 is 1.00 bits per heavy atom. The van der Waals surface area contributed by atoms with Crippen molar-refractivity contribution in [1.29, 1.82) is 0 Å². The third kappa shape index (κ3) is 3.38. The molecule has 1 heterocycles. The molecule has 6 heteroatoms. The number of nitrogens with one attached hydrogen (secondary N) is 1. The summed E-state index contributed by atoms with van der Waals surface area (Å²) < 4.78 is 5.46. The maximum atomic E-state index is 12.3. The summed E-state index contributed by atoms with van der Waals surface area (Å²) in [5, 5.41) is 2.76. The van der Waals surface area contributed by atoms with Crippen molar-refractivity contribution in [1.82, 2.24) is 4.90 Å². The lowest BCUT2D eigenvalue weighted by atomic mass is 10.1. The van der Waals surface area contributed by atoms with E-state index in [0.29, 0.717) is 29.2 Å². The van der Waals surface area contributed by atoms with Gasteiger partial charge in [0.2, 0.25) is 5.91 Å². The van der Waals surface area contributed by atoms with Gasteiger partial charge in [-0.05, 0) is 31.2 Å². The number of hydrogen-bond donors (Lipinski definition) is 1. The van der Waals surface area contributed by atoms with Crippen LogP contribution in [-0.4, -0.2) is 35.8 Å². The quantitative estimate of drug-likeness (QED) is 0.822. The summed E-state index contributed by atoms with van der Waals surface area (Å²) >= 11 is 0. The summed E-state index contributed by atoms with van der Waals surface area (Å²) in [6.07, 6.45) is 0.0198. The summed E-state index contributed by atoms with van der Waals surface area (Å²) in [4.78, 5) is 37.8. The number of anilines is 1. The second kappa shape index (κ2) is 7.17. The number of carbonyl (C=O) groups excluding carboxylic acids is 3. The summed E-state index contributed by atoms with van der Waals surface area (Å²) in [5.74, 6) is -0.422. The highest BCUT2D eigenvalue weighted by Gasteiger charge is 2.34. The van der Waals surface area contributed by atoms with Crippen LogP contribution in [0.2, 0.25) is 0 Å². The summed E-state index contributed by atoms with van der Waals surface area (Å²) in [5.41, 5.74) is 1.33. The molecule has 128 valence electrons. The average Bonchev–Trinajstić information content (AvgIpc) is 2.86. The topological polar surface area (TPSA) is 75.7 Å². The van der Waals surface area contributed by atoms with Gasteiger partial charge in [0.1, 0.15) is 5.75 Å². The number of hydrogen-bond acceptors (Lipinski definition) is 4. The highest BCUT2D eigenvalue weighted by Crippen LogP contribution is 2.25. The number of para-hydroxylation sites is 2. The van der Waals surface area contributed by atoms with E-state index in [2.05, 4.69) is 5.32 Å². The standard InChI is InChI=1S/C19H18N2O4/c1-2-25-16-10-6-5-9-15(16)20-17(22)11-12-21-18(23)13-7-3-4-8-14(13)19(21)24/h3-10H,2,11-12H2,1H3,(H,20,22). The molecule has 1 N–H and O–H groups in total. The van der Waals surface area contributed by atoms with Crippen LogP contribution in [0, 0.1) is 0 Å². The van der Waals surface area contributed by atoms with Gasteiger partial charge >= 0.3 is 0 Å². The zero-order chi connectivity index (χ0) is 17.8. The maximum absolute atomic E-state index is 12.3.